The number of sulfone groups is 1. The Bertz CT molecular complexity index is 1020. The van der Waals surface area contributed by atoms with Crippen LogP contribution in [0.25, 0.3) is 11.0 Å². The minimum absolute atomic E-state index is 0.155. The first-order valence-electron chi connectivity index (χ1n) is 8.29. The van der Waals surface area contributed by atoms with E-state index in [2.05, 4.69) is 25.7 Å². The predicted octanol–water partition coefficient (Wildman–Crippen LogP) is 1.69. The largest absolute Gasteiger partial charge is 0.330 e. The first-order valence-corrected chi connectivity index (χ1v) is 10.2. The predicted molar refractivity (Wildman–Crippen MR) is 95.0 cm³/mol. The van der Waals surface area contributed by atoms with Gasteiger partial charge in [0.1, 0.15) is 10.7 Å². The molecule has 0 spiro atoms. The quantitative estimate of drug-likeness (QED) is 0.766. The molecule has 1 saturated heterocycles. The molecule has 0 saturated carbocycles. The second kappa shape index (κ2) is 5.96. The monoisotopic (exact) mass is 359 g/mol. The van der Waals surface area contributed by atoms with Gasteiger partial charge in [0.05, 0.1) is 29.5 Å². The molecule has 1 aliphatic rings. The summed E-state index contributed by atoms with van der Waals surface area (Å²) in [6.07, 6.45) is 3.56. The molecule has 1 aliphatic heterocycles. The van der Waals surface area contributed by atoms with Crippen molar-refractivity contribution in [2.24, 2.45) is 7.05 Å². The number of aromatic nitrogens is 4. The van der Waals surface area contributed by atoms with E-state index in [1.54, 1.807) is 0 Å². The van der Waals surface area contributed by atoms with Gasteiger partial charge in [0, 0.05) is 25.8 Å². The summed E-state index contributed by atoms with van der Waals surface area (Å²) < 4.78 is 25.9. The lowest BCUT2D eigenvalue weighted by atomic mass is 10.1. The van der Waals surface area contributed by atoms with Crippen molar-refractivity contribution >= 4 is 20.9 Å². The molecule has 0 unspecified atom stereocenters. The zero-order valence-electron chi connectivity index (χ0n) is 14.3. The number of nitrogens with one attached hydrogen (secondary N) is 1. The second-order valence-electron chi connectivity index (χ2n) is 6.72. The van der Waals surface area contributed by atoms with Crippen LogP contribution in [0.15, 0.2) is 35.4 Å². The fourth-order valence-electron chi connectivity index (χ4n) is 3.62. The number of hydrogen-bond donors (Lipinski definition) is 1. The highest BCUT2D eigenvalue weighted by atomic mass is 32.2. The third kappa shape index (κ3) is 2.96. The van der Waals surface area contributed by atoms with Crippen molar-refractivity contribution in [2.45, 2.75) is 23.8 Å². The van der Waals surface area contributed by atoms with Crippen molar-refractivity contribution in [1.29, 1.82) is 0 Å². The molecule has 4 rings (SSSR count). The van der Waals surface area contributed by atoms with Crippen molar-refractivity contribution in [3.05, 3.63) is 42.0 Å². The Hall–Kier alpha value is -2.19. The van der Waals surface area contributed by atoms with E-state index in [1.165, 1.54) is 12.5 Å². The topological polar surface area (TPSA) is 83.9 Å². The molecule has 25 heavy (non-hydrogen) atoms. The third-order valence-corrected chi connectivity index (χ3v) is 6.08. The number of H-pyrrole nitrogens is 1. The number of nitrogens with zero attached hydrogens (tertiary/aromatic N) is 4. The van der Waals surface area contributed by atoms with Gasteiger partial charge in [-0.25, -0.2) is 13.4 Å². The summed E-state index contributed by atoms with van der Waals surface area (Å²) in [6, 6.07) is 8.11. The fraction of sp³-hybridized carbons (Fsp3) is 0.412. The Balaban J connectivity index is 1.53. The number of aryl methyl sites for hydroxylation is 1. The Morgan fingerprint density at radius 2 is 2.12 bits per heavy atom. The summed E-state index contributed by atoms with van der Waals surface area (Å²) in [5, 5.41) is 6.84. The molecule has 1 aromatic carbocycles. The lowest BCUT2D eigenvalue weighted by molar-refractivity contribution is 0.314. The van der Waals surface area contributed by atoms with Crippen LogP contribution in [0.5, 0.6) is 0 Å². The SMILES string of the molecule is Cn1c(CN2CC[C@H](c3[nH]ncc3S(C)(=O)=O)C2)nc2ccccc21. The Morgan fingerprint density at radius 3 is 2.88 bits per heavy atom. The Kier molecular flexibility index (Phi) is 3.88. The van der Waals surface area contributed by atoms with Crippen LogP contribution in [0, 0.1) is 0 Å². The number of aromatic amines is 1. The van der Waals surface area contributed by atoms with Crippen LogP contribution in [0.2, 0.25) is 0 Å². The molecule has 2 aromatic heterocycles. The first kappa shape index (κ1) is 16.3. The number of para-hydroxylation sites is 2. The average molecular weight is 359 g/mol. The molecular formula is C17H21N5O2S. The molecule has 132 valence electrons. The number of benzene rings is 1. The van der Waals surface area contributed by atoms with Crippen molar-refractivity contribution in [3.63, 3.8) is 0 Å². The zero-order chi connectivity index (χ0) is 17.6. The minimum atomic E-state index is -3.26. The molecule has 3 aromatic rings. The molecule has 3 heterocycles. The summed E-state index contributed by atoms with van der Waals surface area (Å²) in [6.45, 7) is 2.47. The van der Waals surface area contributed by atoms with Gasteiger partial charge in [-0.15, -0.1) is 0 Å². The van der Waals surface area contributed by atoms with E-state index in [0.29, 0.717) is 4.90 Å². The number of likely N-dealkylation sites (tertiary alicyclic amines) is 1. The summed E-state index contributed by atoms with van der Waals surface area (Å²) in [7, 11) is -1.22. The van der Waals surface area contributed by atoms with Crippen molar-refractivity contribution in [2.75, 3.05) is 19.3 Å². The number of imidazole rings is 1. The molecule has 0 bridgehead atoms. The van der Waals surface area contributed by atoms with E-state index in [9.17, 15) is 8.42 Å². The molecule has 8 heteroatoms. The van der Waals surface area contributed by atoms with Gasteiger partial charge >= 0.3 is 0 Å². The van der Waals surface area contributed by atoms with Crippen molar-refractivity contribution in [1.82, 2.24) is 24.6 Å². The van der Waals surface area contributed by atoms with Gasteiger partial charge < -0.3 is 4.57 Å². The van der Waals surface area contributed by atoms with Crippen LogP contribution in [0.1, 0.15) is 23.9 Å². The second-order valence-corrected chi connectivity index (χ2v) is 8.70. The van der Waals surface area contributed by atoms with Crippen LogP contribution < -0.4 is 0 Å². The molecular weight excluding hydrogens is 338 g/mol. The highest BCUT2D eigenvalue weighted by Crippen LogP contribution is 2.31. The van der Waals surface area contributed by atoms with E-state index in [1.807, 2.05) is 25.2 Å². The zero-order valence-corrected chi connectivity index (χ0v) is 15.1. The van der Waals surface area contributed by atoms with Crippen LogP contribution in [0.4, 0.5) is 0 Å². The molecule has 7 nitrogen and oxygen atoms in total. The van der Waals surface area contributed by atoms with E-state index in [4.69, 9.17) is 4.98 Å². The lowest BCUT2D eigenvalue weighted by Gasteiger charge is -2.15. The standard InChI is InChI=1S/C17H21N5O2S/c1-21-14-6-4-3-5-13(14)19-16(21)11-22-8-7-12(10-22)17-15(9-18-20-17)25(2,23)24/h3-6,9,12H,7-8,10-11H2,1-2H3,(H,18,20)/t12-/m0/s1. The van der Waals surface area contributed by atoms with E-state index in [-0.39, 0.29) is 5.92 Å². The molecule has 1 atom stereocenters. The molecule has 0 aliphatic carbocycles. The Labute approximate surface area is 146 Å². The number of fused-ring (bicyclic) bond motifs is 1. The molecule has 1 N–H and O–H groups in total. The normalized spacial score (nSPS) is 19.0. The molecule has 0 radical (unpaired) electrons. The maximum Gasteiger partial charge on any atom is 0.178 e. The van der Waals surface area contributed by atoms with E-state index < -0.39 is 9.84 Å². The van der Waals surface area contributed by atoms with E-state index >= 15 is 0 Å². The van der Waals surface area contributed by atoms with Crippen LogP contribution in [-0.2, 0) is 23.4 Å². The maximum atomic E-state index is 11.9. The summed E-state index contributed by atoms with van der Waals surface area (Å²) >= 11 is 0. The number of rotatable bonds is 4. The van der Waals surface area contributed by atoms with Crippen molar-refractivity contribution < 1.29 is 8.42 Å². The lowest BCUT2D eigenvalue weighted by Crippen LogP contribution is -2.22. The van der Waals surface area contributed by atoms with Gasteiger partial charge in [-0.2, -0.15) is 5.10 Å². The first-order chi connectivity index (χ1) is 11.9. The van der Waals surface area contributed by atoms with Gasteiger partial charge in [0.25, 0.3) is 0 Å². The molecule has 1 fully saturated rings. The van der Waals surface area contributed by atoms with E-state index in [0.717, 1.165) is 48.6 Å². The minimum Gasteiger partial charge on any atom is -0.330 e. The smallest absolute Gasteiger partial charge is 0.178 e. The summed E-state index contributed by atoms with van der Waals surface area (Å²) in [5.74, 6) is 1.18. The maximum absolute atomic E-state index is 11.9. The summed E-state index contributed by atoms with van der Waals surface area (Å²) in [4.78, 5) is 7.37. The van der Waals surface area contributed by atoms with Crippen LogP contribution >= 0.6 is 0 Å². The van der Waals surface area contributed by atoms with Gasteiger partial charge in [0.15, 0.2) is 9.84 Å². The van der Waals surface area contributed by atoms with Crippen molar-refractivity contribution in [3.8, 4) is 0 Å². The van der Waals surface area contributed by atoms with Gasteiger partial charge in [-0.05, 0) is 25.1 Å². The van der Waals surface area contributed by atoms with Gasteiger partial charge in [0.2, 0.25) is 0 Å². The van der Waals surface area contributed by atoms with Gasteiger partial charge in [-0.1, -0.05) is 12.1 Å². The third-order valence-electron chi connectivity index (χ3n) is 4.96. The van der Waals surface area contributed by atoms with Crippen LogP contribution in [-0.4, -0.2) is 52.4 Å². The van der Waals surface area contributed by atoms with Crippen LogP contribution in [0.3, 0.4) is 0 Å². The fourth-order valence-corrected chi connectivity index (χ4v) is 4.48. The highest BCUT2D eigenvalue weighted by Gasteiger charge is 2.30. The summed E-state index contributed by atoms with van der Waals surface area (Å²) in [5.41, 5.74) is 2.86. The van der Waals surface area contributed by atoms with Gasteiger partial charge in [-0.3, -0.25) is 10.00 Å². The number of hydrogen-bond acceptors (Lipinski definition) is 5. The Morgan fingerprint density at radius 1 is 1.32 bits per heavy atom. The molecule has 0 amide bonds. The average Bonchev–Trinajstić information content (AvgIpc) is 3.27. The highest BCUT2D eigenvalue weighted by molar-refractivity contribution is 7.90.